The third-order valence-corrected chi connectivity index (χ3v) is 5.45. The van der Waals surface area contributed by atoms with Crippen LogP contribution in [0.3, 0.4) is 0 Å². The lowest BCUT2D eigenvalue weighted by molar-refractivity contribution is -0.119. The molecule has 2 N–H and O–H groups in total. The summed E-state index contributed by atoms with van der Waals surface area (Å²) in [4.78, 5) is 12.3. The van der Waals surface area contributed by atoms with E-state index in [1.54, 1.807) is 26.8 Å². The number of amides is 1. The predicted molar refractivity (Wildman–Crippen MR) is 97.0 cm³/mol. The van der Waals surface area contributed by atoms with Crippen LogP contribution in [0.2, 0.25) is 0 Å². The van der Waals surface area contributed by atoms with Gasteiger partial charge in [-0.1, -0.05) is 0 Å². The van der Waals surface area contributed by atoms with Crippen molar-refractivity contribution in [2.75, 3.05) is 18.4 Å². The summed E-state index contributed by atoms with van der Waals surface area (Å²) < 4.78 is 41.2. The van der Waals surface area contributed by atoms with Crippen molar-refractivity contribution >= 4 is 35.3 Å². The van der Waals surface area contributed by atoms with E-state index in [0.29, 0.717) is 24.2 Å². The maximum atomic E-state index is 13.2. The molecule has 0 unspecified atom stereocenters. The van der Waals surface area contributed by atoms with Gasteiger partial charge in [0.05, 0.1) is 5.92 Å². The number of carbonyl (C=O) groups excluding carboxylic acids is 1. The molecule has 1 aromatic rings. The van der Waals surface area contributed by atoms with E-state index in [9.17, 15) is 17.6 Å². The molecule has 0 bridgehead atoms. The minimum atomic E-state index is -3.56. The van der Waals surface area contributed by atoms with Crippen LogP contribution in [0.4, 0.5) is 10.1 Å². The predicted octanol–water partition coefficient (Wildman–Crippen LogP) is 1.75. The van der Waals surface area contributed by atoms with Crippen LogP contribution >= 0.6 is 13.5 Å². The van der Waals surface area contributed by atoms with Crippen molar-refractivity contribution in [1.82, 2.24) is 9.03 Å². The summed E-state index contributed by atoms with van der Waals surface area (Å²) in [6.45, 7) is 5.56. The van der Waals surface area contributed by atoms with Gasteiger partial charge in [-0.05, 0) is 51.0 Å². The number of hydrogen-bond acceptors (Lipinski definition) is 3. The van der Waals surface area contributed by atoms with Crippen molar-refractivity contribution in [1.29, 1.82) is 0 Å². The Kier molecular flexibility index (Phi) is 7.21. The van der Waals surface area contributed by atoms with Gasteiger partial charge in [0, 0.05) is 24.8 Å². The summed E-state index contributed by atoms with van der Waals surface area (Å²) in [5.74, 6) is -0.997. The molecule has 1 aromatic carbocycles. The van der Waals surface area contributed by atoms with Crippen molar-refractivity contribution in [3.8, 4) is 0 Å². The molecule has 1 heterocycles. The number of aryl methyl sites for hydroxylation is 1. The fourth-order valence-corrected chi connectivity index (χ4v) is 3.97. The van der Waals surface area contributed by atoms with Gasteiger partial charge in [-0.3, -0.25) is 4.79 Å². The van der Waals surface area contributed by atoms with E-state index in [0.717, 1.165) is 0 Å². The Morgan fingerprint density at radius 3 is 2.62 bits per heavy atom. The molecule has 0 spiro atoms. The lowest BCUT2D eigenvalue weighted by Crippen LogP contribution is -2.42. The Morgan fingerprint density at radius 2 is 2.04 bits per heavy atom. The fourth-order valence-electron chi connectivity index (χ4n) is 2.50. The smallest absolute Gasteiger partial charge is 0.279 e. The average molecular weight is 378 g/mol. The van der Waals surface area contributed by atoms with Gasteiger partial charge in [0.2, 0.25) is 5.91 Å². The summed E-state index contributed by atoms with van der Waals surface area (Å²) in [7, 11) is -3.56. The summed E-state index contributed by atoms with van der Waals surface area (Å²) in [6, 6.07) is 4.14. The van der Waals surface area contributed by atoms with E-state index < -0.39 is 16.1 Å². The Morgan fingerprint density at radius 1 is 1.38 bits per heavy atom. The lowest BCUT2D eigenvalue weighted by Gasteiger charge is -2.18. The Hall–Kier alpha value is -1.16. The fraction of sp³-hybridized carbons (Fsp3) is 0.533. The lowest BCUT2D eigenvalue weighted by atomic mass is 10.1. The van der Waals surface area contributed by atoms with Crippen molar-refractivity contribution in [3.63, 3.8) is 0 Å². The molecule has 1 aliphatic heterocycles. The van der Waals surface area contributed by atoms with Gasteiger partial charge in [0.25, 0.3) is 10.2 Å². The highest BCUT2D eigenvalue weighted by Gasteiger charge is 2.35. The highest BCUT2D eigenvalue weighted by atomic mass is 32.2. The molecular formula is C15H24FN3O3S2. The van der Waals surface area contributed by atoms with Gasteiger partial charge in [-0.15, -0.1) is 0 Å². The zero-order chi connectivity index (χ0) is 17.2. The number of anilines is 1. The molecule has 0 radical (unpaired) electrons. The van der Waals surface area contributed by atoms with E-state index in [-0.39, 0.29) is 37.8 Å². The second-order valence-electron chi connectivity index (χ2n) is 6.07. The molecule has 1 aliphatic rings. The highest BCUT2D eigenvalue weighted by Crippen LogP contribution is 2.21. The maximum absolute atomic E-state index is 13.2. The minimum Gasteiger partial charge on any atom is -0.326 e. The number of halogens is 1. The first kappa shape index (κ1) is 20.9. The Balaban J connectivity index is 0.00000288. The largest absolute Gasteiger partial charge is 0.326 e. The Labute approximate surface area is 149 Å². The van der Waals surface area contributed by atoms with E-state index >= 15 is 0 Å². The van der Waals surface area contributed by atoms with Gasteiger partial charge >= 0.3 is 0 Å². The summed E-state index contributed by atoms with van der Waals surface area (Å²) >= 11 is 0. The van der Waals surface area contributed by atoms with Crippen molar-refractivity contribution in [2.24, 2.45) is 5.92 Å². The molecule has 9 heteroatoms. The molecule has 0 aliphatic carbocycles. The van der Waals surface area contributed by atoms with Crippen LogP contribution in [0, 0.1) is 18.7 Å². The molecule has 0 aromatic heterocycles. The van der Waals surface area contributed by atoms with Crippen LogP contribution in [0.25, 0.3) is 0 Å². The summed E-state index contributed by atoms with van der Waals surface area (Å²) in [6.07, 6.45) is 0.463. The highest BCUT2D eigenvalue weighted by molar-refractivity contribution is 7.87. The van der Waals surface area contributed by atoms with Crippen molar-refractivity contribution < 1.29 is 17.6 Å². The third kappa shape index (κ3) is 5.17. The molecule has 1 atom stereocenters. The monoisotopic (exact) mass is 377 g/mol. The van der Waals surface area contributed by atoms with Crippen molar-refractivity contribution in [2.45, 2.75) is 33.2 Å². The Bertz CT molecular complexity index is 695. The van der Waals surface area contributed by atoms with Crippen molar-refractivity contribution in [3.05, 3.63) is 29.6 Å². The van der Waals surface area contributed by atoms with Gasteiger partial charge in [-0.25, -0.2) is 4.39 Å². The SMILES string of the molecule is Cc1cc(NC(=O)[C@H]2CCN(S(=O)(=O)NC(C)C)C2)ccc1F.S. The molecular weight excluding hydrogens is 353 g/mol. The van der Waals surface area contributed by atoms with E-state index in [4.69, 9.17) is 0 Å². The van der Waals surface area contributed by atoms with Crippen LogP contribution in [-0.4, -0.2) is 37.8 Å². The number of hydrogen-bond donors (Lipinski definition) is 2. The van der Waals surface area contributed by atoms with Gasteiger partial charge in [0.15, 0.2) is 0 Å². The third-order valence-electron chi connectivity index (χ3n) is 3.67. The first-order chi connectivity index (χ1) is 10.7. The second kappa shape index (κ2) is 8.28. The quantitative estimate of drug-likeness (QED) is 0.821. The van der Waals surface area contributed by atoms with Crippen LogP contribution in [0.5, 0.6) is 0 Å². The molecule has 2 rings (SSSR count). The summed E-state index contributed by atoms with van der Waals surface area (Å²) in [5, 5.41) is 2.72. The normalized spacial score (nSPS) is 18.5. The van der Waals surface area contributed by atoms with Gasteiger partial charge in [0.1, 0.15) is 5.82 Å². The topological polar surface area (TPSA) is 78.5 Å². The molecule has 24 heavy (non-hydrogen) atoms. The van der Waals surface area contributed by atoms with E-state index in [1.165, 1.54) is 16.4 Å². The molecule has 1 amide bonds. The first-order valence-electron chi connectivity index (χ1n) is 7.53. The van der Waals surface area contributed by atoms with E-state index in [1.807, 2.05) is 0 Å². The standard InChI is InChI=1S/C15H22FN3O3S.H2S/c1-10(2)18-23(21,22)19-7-6-12(9-19)15(20)17-13-4-5-14(16)11(3)8-13;/h4-5,8,10,12,18H,6-7,9H2,1-3H3,(H,17,20);1H2/t12-;/m0./s1. The minimum absolute atomic E-state index is 0. The zero-order valence-electron chi connectivity index (χ0n) is 14.0. The molecule has 136 valence electrons. The molecule has 1 saturated heterocycles. The molecule has 6 nitrogen and oxygen atoms in total. The van der Waals surface area contributed by atoms with Gasteiger partial charge in [-0.2, -0.15) is 30.9 Å². The van der Waals surface area contributed by atoms with Crippen LogP contribution in [0.15, 0.2) is 18.2 Å². The van der Waals surface area contributed by atoms with Crippen LogP contribution in [0.1, 0.15) is 25.8 Å². The zero-order valence-corrected chi connectivity index (χ0v) is 15.8. The second-order valence-corrected chi connectivity index (χ2v) is 7.78. The molecule has 1 fully saturated rings. The first-order valence-corrected chi connectivity index (χ1v) is 8.97. The van der Waals surface area contributed by atoms with E-state index in [2.05, 4.69) is 10.0 Å². The summed E-state index contributed by atoms with van der Waals surface area (Å²) in [5.41, 5.74) is 0.954. The number of benzene rings is 1. The van der Waals surface area contributed by atoms with Crippen LogP contribution < -0.4 is 10.0 Å². The van der Waals surface area contributed by atoms with Gasteiger partial charge < -0.3 is 5.32 Å². The maximum Gasteiger partial charge on any atom is 0.279 e. The average Bonchev–Trinajstić information content (AvgIpc) is 2.92. The number of nitrogens with one attached hydrogen (secondary N) is 2. The van der Waals surface area contributed by atoms with Crippen LogP contribution in [-0.2, 0) is 15.0 Å². The number of rotatable bonds is 5. The number of carbonyl (C=O) groups is 1. The molecule has 0 saturated carbocycles. The number of nitrogens with zero attached hydrogens (tertiary/aromatic N) is 1.